The number of piperazine rings is 1. The molecule has 0 bridgehead atoms. The van der Waals surface area contributed by atoms with E-state index in [9.17, 15) is 0 Å². The lowest BCUT2D eigenvalue weighted by molar-refractivity contribution is 0.311. The van der Waals surface area contributed by atoms with Crippen LogP contribution in [-0.4, -0.2) is 52.7 Å². The van der Waals surface area contributed by atoms with Gasteiger partial charge in [0, 0.05) is 49.1 Å². The van der Waals surface area contributed by atoms with Crippen LogP contribution in [-0.2, 0) is 0 Å². The molecule has 3 aromatic rings. The molecule has 4 rings (SSSR count). The molecule has 0 radical (unpaired) electrons. The van der Waals surface area contributed by atoms with Crippen LogP contribution in [0.3, 0.4) is 0 Å². The average Bonchev–Trinajstić information content (AvgIpc) is 3.15. The molecule has 0 saturated carbocycles. The minimum absolute atomic E-state index is 0.882. The lowest BCUT2D eigenvalue weighted by atomic mass is 10.2. The van der Waals surface area contributed by atoms with Crippen molar-refractivity contribution in [3.8, 4) is 11.3 Å². The van der Waals surface area contributed by atoms with E-state index in [1.54, 1.807) is 6.26 Å². The second-order valence-corrected chi connectivity index (χ2v) is 6.63. The van der Waals surface area contributed by atoms with Gasteiger partial charge in [-0.25, -0.2) is 4.98 Å². The van der Waals surface area contributed by atoms with E-state index in [-0.39, 0.29) is 0 Å². The zero-order valence-corrected chi connectivity index (χ0v) is 14.7. The Morgan fingerprint density at radius 2 is 1.83 bits per heavy atom. The van der Waals surface area contributed by atoms with E-state index >= 15 is 0 Å². The number of fused-ring (bicyclic) bond motifs is 1. The Balaban J connectivity index is 1.87. The molecule has 1 aliphatic heterocycles. The maximum absolute atomic E-state index is 5.44. The summed E-state index contributed by atoms with van der Waals surface area (Å²) in [5.41, 5.74) is 5.09. The summed E-state index contributed by atoms with van der Waals surface area (Å²) in [6, 6.07) is 4.01. The summed E-state index contributed by atoms with van der Waals surface area (Å²) in [5.74, 6) is 2.05. The van der Waals surface area contributed by atoms with Crippen LogP contribution in [0.1, 0.15) is 17.0 Å². The fourth-order valence-corrected chi connectivity index (χ4v) is 3.35. The van der Waals surface area contributed by atoms with Crippen molar-refractivity contribution >= 4 is 11.5 Å². The third kappa shape index (κ3) is 2.38. The Kier molecular flexibility index (Phi) is 3.57. The smallest absolute Gasteiger partial charge is 0.158 e. The van der Waals surface area contributed by atoms with Gasteiger partial charge in [0.25, 0.3) is 0 Å². The summed E-state index contributed by atoms with van der Waals surface area (Å²) in [7, 11) is 2.17. The van der Waals surface area contributed by atoms with Crippen molar-refractivity contribution in [2.24, 2.45) is 0 Å². The van der Waals surface area contributed by atoms with Gasteiger partial charge in [-0.3, -0.25) is 0 Å². The number of hydrogen-bond acceptors (Lipinski definition) is 5. The molecule has 4 heterocycles. The third-order valence-electron chi connectivity index (χ3n) is 4.99. The van der Waals surface area contributed by atoms with Crippen LogP contribution in [0.4, 0.5) is 5.82 Å². The van der Waals surface area contributed by atoms with Gasteiger partial charge in [-0.05, 0) is 33.9 Å². The molecule has 6 heteroatoms. The van der Waals surface area contributed by atoms with Crippen molar-refractivity contribution in [1.82, 2.24) is 19.5 Å². The van der Waals surface area contributed by atoms with Crippen molar-refractivity contribution in [3.63, 3.8) is 0 Å². The summed E-state index contributed by atoms with van der Waals surface area (Å²) >= 11 is 0. The first-order valence-corrected chi connectivity index (χ1v) is 8.39. The zero-order chi connectivity index (χ0) is 16.8. The van der Waals surface area contributed by atoms with Crippen molar-refractivity contribution in [2.75, 3.05) is 38.1 Å². The van der Waals surface area contributed by atoms with E-state index in [1.165, 1.54) is 5.56 Å². The molecule has 1 fully saturated rings. The second-order valence-electron chi connectivity index (χ2n) is 6.63. The Morgan fingerprint density at radius 3 is 2.50 bits per heavy atom. The van der Waals surface area contributed by atoms with E-state index in [0.717, 1.165) is 60.4 Å². The van der Waals surface area contributed by atoms with Crippen LogP contribution < -0.4 is 4.90 Å². The number of likely N-dealkylation sites (N-methyl/N-ethyl adjacent to an activating group) is 1. The topological polar surface area (TPSA) is 49.8 Å². The number of anilines is 1. The number of furan rings is 1. The van der Waals surface area contributed by atoms with Crippen LogP contribution in [0.5, 0.6) is 0 Å². The molecule has 3 aromatic heterocycles. The van der Waals surface area contributed by atoms with E-state index < -0.39 is 0 Å². The number of hydrogen-bond donors (Lipinski definition) is 0. The Bertz CT molecular complexity index is 886. The van der Waals surface area contributed by atoms with Crippen LogP contribution in [0, 0.1) is 20.8 Å². The van der Waals surface area contributed by atoms with Gasteiger partial charge in [0.05, 0.1) is 12.0 Å². The number of aryl methyl sites for hydroxylation is 2. The fraction of sp³-hybridized carbons (Fsp3) is 0.444. The highest BCUT2D eigenvalue weighted by Gasteiger charge is 2.22. The molecule has 0 N–H and O–H groups in total. The molecule has 1 aliphatic rings. The highest BCUT2D eigenvalue weighted by atomic mass is 16.3. The molecular weight excluding hydrogens is 302 g/mol. The molecular formula is C18H23N5O. The first-order valence-electron chi connectivity index (χ1n) is 8.39. The number of nitrogens with zero attached hydrogens (tertiary/aromatic N) is 5. The maximum Gasteiger partial charge on any atom is 0.158 e. The average molecular weight is 325 g/mol. The molecule has 1 saturated heterocycles. The quantitative estimate of drug-likeness (QED) is 0.725. The summed E-state index contributed by atoms with van der Waals surface area (Å²) < 4.78 is 7.43. The van der Waals surface area contributed by atoms with Gasteiger partial charge in [0.15, 0.2) is 5.65 Å². The molecule has 0 aliphatic carbocycles. The molecule has 24 heavy (non-hydrogen) atoms. The summed E-state index contributed by atoms with van der Waals surface area (Å²) in [6.07, 6.45) is 1.71. The zero-order valence-electron chi connectivity index (χ0n) is 14.7. The first kappa shape index (κ1) is 15.2. The second kappa shape index (κ2) is 5.63. The van der Waals surface area contributed by atoms with Crippen molar-refractivity contribution < 1.29 is 4.42 Å². The Morgan fingerprint density at radius 1 is 1.08 bits per heavy atom. The van der Waals surface area contributed by atoms with Gasteiger partial charge >= 0.3 is 0 Å². The summed E-state index contributed by atoms with van der Waals surface area (Å²) in [5, 5.41) is 4.85. The molecule has 6 nitrogen and oxygen atoms in total. The minimum atomic E-state index is 0.882. The van der Waals surface area contributed by atoms with Gasteiger partial charge in [0.2, 0.25) is 0 Å². The van der Waals surface area contributed by atoms with Gasteiger partial charge in [-0.1, -0.05) is 0 Å². The molecule has 0 amide bonds. The SMILES string of the molecule is Cc1nc2cc(-c3ccoc3C)nn2c(N2CCN(C)CC2)c1C. The van der Waals surface area contributed by atoms with Gasteiger partial charge in [0.1, 0.15) is 11.6 Å². The Labute approximate surface area is 141 Å². The highest BCUT2D eigenvalue weighted by Crippen LogP contribution is 2.29. The van der Waals surface area contributed by atoms with Crippen LogP contribution in [0.25, 0.3) is 16.9 Å². The van der Waals surface area contributed by atoms with Crippen molar-refractivity contribution in [1.29, 1.82) is 0 Å². The van der Waals surface area contributed by atoms with E-state index in [2.05, 4.69) is 30.7 Å². The number of aromatic nitrogens is 3. The van der Waals surface area contributed by atoms with Crippen molar-refractivity contribution in [3.05, 3.63) is 35.4 Å². The third-order valence-corrected chi connectivity index (χ3v) is 4.99. The van der Waals surface area contributed by atoms with Crippen LogP contribution in [0.15, 0.2) is 22.8 Å². The minimum Gasteiger partial charge on any atom is -0.469 e. The highest BCUT2D eigenvalue weighted by molar-refractivity contribution is 5.68. The van der Waals surface area contributed by atoms with Gasteiger partial charge in [-0.15, -0.1) is 0 Å². The fourth-order valence-electron chi connectivity index (χ4n) is 3.35. The molecule has 0 aromatic carbocycles. The predicted molar refractivity (Wildman–Crippen MR) is 94.6 cm³/mol. The summed E-state index contributed by atoms with van der Waals surface area (Å²) in [6.45, 7) is 10.3. The standard InChI is InChI=1S/C18H23N5O/c1-12-13(2)19-17-11-16(15-5-10-24-14(15)3)20-23(17)18(12)22-8-6-21(4)7-9-22/h5,10-11H,6-9H2,1-4H3. The van der Waals surface area contributed by atoms with Crippen LogP contribution in [0.2, 0.25) is 0 Å². The Hall–Kier alpha value is -2.34. The summed E-state index contributed by atoms with van der Waals surface area (Å²) in [4.78, 5) is 9.53. The monoisotopic (exact) mass is 325 g/mol. The van der Waals surface area contributed by atoms with Gasteiger partial charge in [-0.2, -0.15) is 9.61 Å². The molecule has 0 atom stereocenters. The number of rotatable bonds is 2. The maximum atomic E-state index is 5.44. The largest absolute Gasteiger partial charge is 0.469 e. The van der Waals surface area contributed by atoms with Gasteiger partial charge < -0.3 is 14.2 Å². The molecule has 0 unspecified atom stereocenters. The molecule has 126 valence electrons. The van der Waals surface area contributed by atoms with Crippen molar-refractivity contribution in [2.45, 2.75) is 20.8 Å². The predicted octanol–water partition coefficient (Wildman–Crippen LogP) is 2.67. The molecule has 0 spiro atoms. The first-order chi connectivity index (χ1) is 11.5. The lowest BCUT2D eigenvalue weighted by Gasteiger charge is -2.35. The van der Waals surface area contributed by atoms with E-state index in [0.29, 0.717) is 0 Å². The normalized spacial score (nSPS) is 16.2. The lowest BCUT2D eigenvalue weighted by Crippen LogP contribution is -2.45. The van der Waals surface area contributed by atoms with E-state index in [4.69, 9.17) is 14.5 Å². The van der Waals surface area contributed by atoms with Crippen LogP contribution >= 0.6 is 0 Å². The van der Waals surface area contributed by atoms with E-state index in [1.807, 2.05) is 23.6 Å².